The summed E-state index contributed by atoms with van der Waals surface area (Å²) in [6.07, 6.45) is 3.19. The molecule has 9 nitrogen and oxygen atoms in total. The van der Waals surface area contributed by atoms with E-state index in [4.69, 9.17) is 25.2 Å². The maximum Gasteiger partial charge on any atom is 0.224 e. The molecule has 0 bridgehead atoms. The van der Waals surface area contributed by atoms with E-state index in [9.17, 15) is 9.59 Å². The van der Waals surface area contributed by atoms with Gasteiger partial charge in [-0.15, -0.1) is 11.3 Å². The number of ether oxygens (including phenoxy) is 3. The second kappa shape index (κ2) is 16.2. The molecule has 2 aromatic rings. The topological polar surface area (TPSA) is 137 Å². The van der Waals surface area contributed by atoms with Crippen LogP contribution in [0.4, 0.5) is 5.69 Å². The lowest BCUT2D eigenvalue weighted by Gasteiger charge is -2.07. The van der Waals surface area contributed by atoms with Gasteiger partial charge in [0.15, 0.2) is 5.01 Å². The third-order valence-corrected chi connectivity index (χ3v) is 5.55. The fourth-order valence-corrected chi connectivity index (χ4v) is 3.71. The molecule has 1 aromatic heterocycles. The summed E-state index contributed by atoms with van der Waals surface area (Å²) in [5.41, 5.74) is 6.73. The first-order valence-electron chi connectivity index (χ1n) is 11.2. The van der Waals surface area contributed by atoms with Crippen LogP contribution in [0.5, 0.6) is 0 Å². The third kappa shape index (κ3) is 11.3. The van der Waals surface area contributed by atoms with Crippen LogP contribution in [0.1, 0.15) is 43.5 Å². The summed E-state index contributed by atoms with van der Waals surface area (Å²) in [5, 5.41) is 12.1. The average Bonchev–Trinajstić information content (AvgIpc) is 3.23. The number of hydrogen-bond donors (Lipinski definition) is 2. The van der Waals surface area contributed by atoms with Crippen molar-refractivity contribution in [3.63, 3.8) is 0 Å². The van der Waals surface area contributed by atoms with Gasteiger partial charge in [-0.2, -0.15) is 5.26 Å². The average molecular weight is 477 g/mol. The van der Waals surface area contributed by atoms with E-state index in [1.165, 1.54) is 11.3 Å². The van der Waals surface area contributed by atoms with Gasteiger partial charge in [-0.05, 0) is 44.0 Å². The monoisotopic (exact) mass is 476 g/mol. The number of fused-ring (bicyclic) bond motifs is 1. The van der Waals surface area contributed by atoms with Gasteiger partial charge in [0.05, 0.1) is 36.6 Å². The number of Topliss-reactive ketones (excluding diaryl/α,β-unsaturated/α-hetero) is 1. The minimum atomic E-state index is -0.208. The predicted octanol–water partition coefficient (Wildman–Crippen LogP) is 3.02. The van der Waals surface area contributed by atoms with Gasteiger partial charge >= 0.3 is 0 Å². The number of ketones is 1. The highest BCUT2D eigenvalue weighted by atomic mass is 32.1. The van der Waals surface area contributed by atoms with E-state index in [1.54, 1.807) is 18.2 Å². The van der Waals surface area contributed by atoms with Gasteiger partial charge in [0.1, 0.15) is 11.9 Å². The van der Waals surface area contributed by atoms with Crippen LogP contribution in [0, 0.1) is 11.3 Å². The molecule has 0 radical (unpaired) electrons. The molecule has 10 heteroatoms. The maximum atomic E-state index is 12.1. The van der Waals surface area contributed by atoms with Crippen molar-refractivity contribution >= 4 is 38.9 Å². The van der Waals surface area contributed by atoms with Crippen molar-refractivity contribution in [1.29, 1.82) is 5.26 Å². The Kier molecular flexibility index (Phi) is 13.2. The number of thiazole rings is 1. The number of carbonyl (C=O) groups is 2. The number of nitrogens with zero attached hydrogens (tertiary/aromatic N) is 2. The van der Waals surface area contributed by atoms with Gasteiger partial charge in [0.25, 0.3) is 0 Å². The Morgan fingerprint density at radius 2 is 1.67 bits per heavy atom. The lowest BCUT2D eigenvalue weighted by molar-refractivity contribution is -0.123. The normalized spacial score (nSPS) is 10.9. The molecule has 1 aromatic carbocycles. The number of nitriles is 1. The molecule has 1 heterocycles. The molecule has 0 aliphatic carbocycles. The number of carbonyl (C=O) groups excluding carboxylic acids is 2. The first-order chi connectivity index (χ1) is 16.1. The number of hydrogen-bond acceptors (Lipinski definition) is 9. The van der Waals surface area contributed by atoms with Crippen LogP contribution in [-0.2, 0) is 23.8 Å². The molecule has 0 aliphatic rings. The molecule has 2 rings (SSSR count). The van der Waals surface area contributed by atoms with Crippen molar-refractivity contribution in [2.75, 3.05) is 51.5 Å². The summed E-state index contributed by atoms with van der Waals surface area (Å²) in [7, 11) is 0. The maximum absolute atomic E-state index is 12.1. The van der Waals surface area contributed by atoms with Gasteiger partial charge in [0.2, 0.25) is 5.91 Å². The van der Waals surface area contributed by atoms with Crippen LogP contribution in [0.3, 0.4) is 0 Å². The van der Waals surface area contributed by atoms with E-state index in [-0.39, 0.29) is 24.5 Å². The molecule has 3 N–H and O–H groups in total. The Morgan fingerprint density at radius 3 is 2.36 bits per heavy atom. The van der Waals surface area contributed by atoms with Crippen molar-refractivity contribution in [2.45, 2.75) is 38.5 Å². The van der Waals surface area contributed by atoms with Crippen LogP contribution in [0.15, 0.2) is 18.2 Å². The number of nitrogens with two attached hydrogens (primary N) is 1. The molecule has 0 aliphatic heterocycles. The molecule has 0 fully saturated rings. The third-order valence-electron chi connectivity index (χ3n) is 4.63. The fraction of sp³-hybridized carbons (Fsp3) is 0.565. The van der Waals surface area contributed by atoms with Crippen molar-refractivity contribution in [3.8, 4) is 6.07 Å². The predicted molar refractivity (Wildman–Crippen MR) is 127 cm³/mol. The van der Waals surface area contributed by atoms with Gasteiger partial charge in [0, 0.05) is 38.2 Å². The number of nitrogens with one attached hydrogen (secondary N) is 1. The Hall–Kier alpha value is -2.42. The van der Waals surface area contributed by atoms with Crippen LogP contribution >= 0.6 is 11.3 Å². The zero-order valence-corrected chi connectivity index (χ0v) is 19.7. The number of benzene rings is 1. The summed E-state index contributed by atoms with van der Waals surface area (Å²) in [6, 6.07) is 7.31. The highest BCUT2D eigenvalue weighted by Gasteiger charge is 2.09. The first kappa shape index (κ1) is 26.8. The highest BCUT2D eigenvalue weighted by Crippen LogP contribution is 2.25. The van der Waals surface area contributed by atoms with Crippen molar-refractivity contribution in [2.24, 2.45) is 5.73 Å². The molecule has 1 amide bonds. The highest BCUT2D eigenvalue weighted by molar-refractivity contribution is 7.19. The van der Waals surface area contributed by atoms with Gasteiger partial charge < -0.3 is 25.3 Å². The molecule has 0 unspecified atom stereocenters. The molecule has 0 saturated carbocycles. The molecule has 180 valence electrons. The van der Waals surface area contributed by atoms with E-state index in [0.717, 1.165) is 29.5 Å². The van der Waals surface area contributed by atoms with Crippen LogP contribution in [-0.4, -0.2) is 62.9 Å². The number of aromatic nitrogens is 1. The summed E-state index contributed by atoms with van der Waals surface area (Å²) < 4.78 is 17.0. The van der Waals surface area contributed by atoms with Crippen LogP contribution in [0.25, 0.3) is 10.2 Å². The van der Waals surface area contributed by atoms with Gasteiger partial charge in [-0.25, -0.2) is 4.98 Å². The fourth-order valence-electron chi connectivity index (χ4n) is 2.91. The summed E-state index contributed by atoms with van der Waals surface area (Å²) >= 11 is 1.28. The minimum absolute atomic E-state index is 0.0692. The van der Waals surface area contributed by atoms with E-state index in [0.29, 0.717) is 63.3 Å². The van der Waals surface area contributed by atoms with Crippen molar-refractivity contribution in [3.05, 3.63) is 23.2 Å². The summed E-state index contributed by atoms with van der Waals surface area (Å²) in [4.78, 5) is 28.3. The number of unbranched alkanes of at least 4 members (excludes halogenated alkanes) is 1. The van der Waals surface area contributed by atoms with Crippen LogP contribution in [0.2, 0.25) is 0 Å². The molecule has 0 atom stereocenters. The van der Waals surface area contributed by atoms with Gasteiger partial charge in [-0.1, -0.05) is 0 Å². The zero-order chi connectivity index (χ0) is 23.7. The molecule has 0 saturated heterocycles. The molecular weight excluding hydrogens is 444 g/mol. The van der Waals surface area contributed by atoms with E-state index in [2.05, 4.69) is 10.3 Å². The molecular formula is C23H32N4O5S. The first-order valence-corrected chi connectivity index (χ1v) is 12.0. The second-order valence-corrected chi connectivity index (χ2v) is 8.37. The SMILES string of the molecule is N#Cc1nc2ccc(NC(=O)CCC(=O)CCCCOCCOCCOCCCN)cc2s1. The van der Waals surface area contributed by atoms with Crippen LogP contribution < -0.4 is 11.1 Å². The Balaban J connectivity index is 1.46. The van der Waals surface area contributed by atoms with E-state index in [1.807, 2.05) is 6.07 Å². The zero-order valence-electron chi connectivity index (χ0n) is 18.8. The molecule has 33 heavy (non-hydrogen) atoms. The summed E-state index contributed by atoms with van der Waals surface area (Å²) in [5.74, 6) is -0.138. The van der Waals surface area contributed by atoms with Crippen molar-refractivity contribution in [1.82, 2.24) is 4.98 Å². The van der Waals surface area contributed by atoms with Gasteiger partial charge in [-0.3, -0.25) is 9.59 Å². The second-order valence-electron chi connectivity index (χ2n) is 7.34. The number of rotatable bonds is 18. The Bertz CT molecular complexity index is 912. The Labute approximate surface area is 198 Å². The largest absolute Gasteiger partial charge is 0.379 e. The summed E-state index contributed by atoms with van der Waals surface area (Å²) in [6.45, 7) is 4.01. The molecule has 0 spiro atoms. The number of amides is 1. The quantitative estimate of drug-likeness (QED) is 0.313. The lowest BCUT2D eigenvalue weighted by Crippen LogP contribution is -2.13. The lowest BCUT2D eigenvalue weighted by atomic mass is 10.1. The van der Waals surface area contributed by atoms with E-state index < -0.39 is 0 Å². The van der Waals surface area contributed by atoms with Crippen molar-refractivity contribution < 1.29 is 23.8 Å². The smallest absolute Gasteiger partial charge is 0.224 e. The van der Waals surface area contributed by atoms with E-state index >= 15 is 0 Å². The number of anilines is 1. The Morgan fingerprint density at radius 1 is 0.970 bits per heavy atom. The standard InChI is InChI=1S/C23H32N4O5S/c24-9-3-11-31-13-15-32-14-12-30-10-2-1-4-19(28)6-8-22(29)26-18-5-7-20-21(16-18)33-23(17-25)27-20/h5,7,16H,1-4,6,8-15,24H2,(H,26,29). The minimum Gasteiger partial charge on any atom is -0.379 e.